The van der Waals surface area contributed by atoms with E-state index in [9.17, 15) is 4.79 Å². The van der Waals surface area contributed by atoms with Crippen LogP contribution < -0.4 is 0 Å². The van der Waals surface area contributed by atoms with Gasteiger partial charge in [0.2, 0.25) is 0 Å². The molecule has 0 saturated heterocycles. The molecule has 0 amide bonds. The summed E-state index contributed by atoms with van der Waals surface area (Å²) in [6, 6.07) is 8.28. The van der Waals surface area contributed by atoms with Crippen LogP contribution in [0.15, 0.2) is 45.3 Å². The molecule has 27 heavy (non-hydrogen) atoms. The number of esters is 1. The topological polar surface area (TPSA) is 72.1 Å². The van der Waals surface area contributed by atoms with Crippen molar-refractivity contribution in [3.63, 3.8) is 0 Å². The summed E-state index contributed by atoms with van der Waals surface area (Å²) in [5.41, 5.74) is 1.35. The van der Waals surface area contributed by atoms with Gasteiger partial charge in [0.25, 0.3) is 0 Å². The zero-order chi connectivity index (χ0) is 20.0. The molecule has 0 N–H and O–H groups in total. The van der Waals surface area contributed by atoms with Gasteiger partial charge >= 0.3 is 5.97 Å². The molecular formula is C19H26BrN5O2. The van der Waals surface area contributed by atoms with Crippen LogP contribution in [-0.2, 0) is 11.3 Å². The third-order valence-electron chi connectivity index (χ3n) is 3.85. The Morgan fingerprint density at radius 3 is 2.41 bits per heavy atom. The predicted octanol–water partition coefficient (Wildman–Crippen LogP) is 4.99. The average Bonchev–Trinajstić information content (AvgIpc) is 2.99. The summed E-state index contributed by atoms with van der Waals surface area (Å²) in [7, 11) is 0. The maximum atomic E-state index is 12.3. The molecule has 8 heteroatoms. The van der Waals surface area contributed by atoms with Crippen molar-refractivity contribution < 1.29 is 9.53 Å². The first-order chi connectivity index (χ1) is 12.8. The number of ether oxygens (including phenoxy) is 1. The van der Waals surface area contributed by atoms with Gasteiger partial charge in [-0.2, -0.15) is 5.10 Å². The summed E-state index contributed by atoms with van der Waals surface area (Å²) in [4.78, 5) is 12.3. The van der Waals surface area contributed by atoms with Gasteiger partial charge in [-0.1, -0.05) is 33.3 Å². The molecule has 0 aliphatic carbocycles. The molecule has 0 aliphatic heterocycles. The summed E-state index contributed by atoms with van der Waals surface area (Å²) >= 11 is 3.43. The van der Waals surface area contributed by atoms with Crippen LogP contribution in [0.3, 0.4) is 0 Å². The number of carbonyl (C=O) groups is 1. The van der Waals surface area contributed by atoms with Crippen LogP contribution in [0.1, 0.15) is 50.5 Å². The van der Waals surface area contributed by atoms with Crippen molar-refractivity contribution in [1.82, 2.24) is 14.8 Å². The minimum absolute atomic E-state index is 0.183. The van der Waals surface area contributed by atoms with Crippen LogP contribution in [0, 0.1) is 0 Å². The Bertz CT molecular complexity index is 776. The molecule has 0 radical (unpaired) electrons. The zero-order valence-corrected chi connectivity index (χ0v) is 18.0. The molecule has 1 aromatic carbocycles. The predicted molar refractivity (Wildman–Crippen MR) is 108 cm³/mol. The standard InChI is InChI=1S/C19H26BrN5O2/c1-6-27-19(26)17-11-21-24(12-15-7-9-16(20)10-8-15)18(17)22-23-25(13(2)3)14(4)5/h7-11,13-14H,6,12H2,1-5H3/b23-22+. The Morgan fingerprint density at radius 2 is 1.85 bits per heavy atom. The van der Waals surface area contributed by atoms with E-state index in [-0.39, 0.29) is 18.7 Å². The molecule has 0 atom stereocenters. The third kappa shape index (κ3) is 5.63. The first-order valence-corrected chi connectivity index (χ1v) is 9.80. The molecule has 1 heterocycles. The quantitative estimate of drug-likeness (QED) is 0.332. The summed E-state index contributed by atoms with van der Waals surface area (Å²) in [5.74, 6) is -0.0585. The van der Waals surface area contributed by atoms with E-state index in [1.165, 1.54) is 6.20 Å². The summed E-state index contributed by atoms with van der Waals surface area (Å²) in [6.45, 7) is 10.7. The molecule has 1 aromatic heterocycles. The lowest BCUT2D eigenvalue weighted by atomic mass is 10.2. The minimum atomic E-state index is -0.450. The molecule has 0 spiro atoms. The second-order valence-corrected chi connectivity index (χ2v) is 7.56. The van der Waals surface area contributed by atoms with Crippen molar-refractivity contribution in [3.05, 3.63) is 46.1 Å². The monoisotopic (exact) mass is 435 g/mol. The number of nitrogens with zero attached hydrogens (tertiary/aromatic N) is 5. The summed E-state index contributed by atoms with van der Waals surface area (Å²) in [6.07, 6.45) is 1.49. The molecule has 0 saturated carbocycles. The first-order valence-electron chi connectivity index (χ1n) is 9.00. The third-order valence-corrected chi connectivity index (χ3v) is 4.38. The lowest BCUT2D eigenvalue weighted by molar-refractivity contribution is 0.0527. The van der Waals surface area contributed by atoms with Gasteiger partial charge in [0.1, 0.15) is 5.56 Å². The fourth-order valence-electron chi connectivity index (χ4n) is 2.61. The van der Waals surface area contributed by atoms with Gasteiger partial charge in [-0.05, 0) is 52.3 Å². The maximum Gasteiger partial charge on any atom is 0.343 e. The highest BCUT2D eigenvalue weighted by Crippen LogP contribution is 2.23. The zero-order valence-electron chi connectivity index (χ0n) is 16.4. The highest BCUT2D eigenvalue weighted by molar-refractivity contribution is 9.10. The van der Waals surface area contributed by atoms with E-state index in [0.29, 0.717) is 17.9 Å². The Morgan fingerprint density at radius 1 is 1.22 bits per heavy atom. The van der Waals surface area contributed by atoms with Gasteiger partial charge in [0.15, 0.2) is 5.82 Å². The number of rotatable bonds is 8. The maximum absolute atomic E-state index is 12.3. The van der Waals surface area contributed by atoms with Crippen molar-refractivity contribution in [2.75, 3.05) is 6.61 Å². The van der Waals surface area contributed by atoms with Crippen molar-refractivity contribution >= 4 is 27.7 Å². The minimum Gasteiger partial charge on any atom is -0.462 e. The van der Waals surface area contributed by atoms with Crippen LogP contribution in [0.2, 0.25) is 0 Å². The highest BCUT2D eigenvalue weighted by atomic mass is 79.9. The van der Waals surface area contributed by atoms with Gasteiger partial charge in [-0.15, -0.1) is 5.11 Å². The van der Waals surface area contributed by atoms with Gasteiger partial charge in [-0.3, -0.25) is 5.01 Å². The summed E-state index contributed by atoms with van der Waals surface area (Å²) in [5, 5.41) is 15.0. The second-order valence-electron chi connectivity index (χ2n) is 6.64. The molecule has 2 aromatic rings. The fourth-order valence-corrected chi connectivity index (χ4v) is 2.88. The van der Waals surface area contributed by atoms with Gasteiger partial charge in [-0.25, -0.2) is 9.48 Å². The lowest BCUT2D eigenvalue weighted by Crippen LogP contribution is -2.31. The van der Waals surface area contributed by atoms with Crippen LogP contribution in [-0.4, -0.2) is 39.4 Å². The molecule has 7 nitrogen and oxygen atoms in total. The van der Waals surface area contributed by atoms with Crippen molar-refractivity contribution in [1.29, 1.82) is 0 Å². The van der Waals surface area contributed by atoms with Crippen molar-refractivity contribution in [2.24, 2.45) is 10.3 Å². The average molecular weight is 436 g/mol. The van der Waals surface area contributed by atoms with E-state index >= 15 is 0 Å². The van der Waals surface area contributed by atoms with Crippen molar-refractivity contribution in [3.8, 4) is 0 Å². The van der Waals surface area contributed by atoms with E-state index in [0.717, 1.165) is 10.0 Å². The van der Waals surface area contributed by atoms with E-state index in [2.05, 4.69) is 31.4 Å². The normalized spacial score (nSPS) is 11.6. The fraction of sp³-hybridized carbons (Fsp3) is 0.474. The largest absolute Gasteiger partial charge is 0.462 e. The van der Waals surface area contributed by atoms with E-state index < -0.39 is 5.97 Å². The molecule has 0 fully saturated rings. The van der Waals surface area contributed by atoms with Crippen LogP contribution in [0.25, 0.3) is 0 Å². The number of halogens is 1. The number of hydrogen-bond donors (Lipinski definition) is 0. The Labute approximate surface area is 168 Å². The first kappa shape index (κ1) is 21.1. The van der Waals surface area contributed by atoms with Gasteiger partial charge < -0.3 is 4.74 Å². The SMILES string of the molecule is CCOC(=O)c1cnn(Cc2ccc(Br)cc2)c1/N=N/N(C(C)C)C(C)C. The molecule has 0 aliphatic rings. The van der Waals surface area contributed by atoms with E-state index in [1.54, 1.807) is 11.6 Å². The van der Waals surface area contributed by atoms with Crippen molar-refractivity contribution in [2.45, 2.75) is 53.2 Å². The Balaban J connectivity index is 2.39. The molecule has 146 valence electrons. The van der Waals surface area contributed by atoms with Crippen LogP contribution in [0.4, 0.5) is 5.82 Å². The van der Waals surface area contributed by atoms with E-state index in [1.807, 2.05) is 57.0 Å². The number of benzene rings is 1. The molecule has 2 rings (SSSR count). The lowest BCUT2D eigenvalue weighted by Gasteiger charge is -2.25. The van der Waals surface area contributed by atoms with Crippen LogP contribution >= 0.6 is 15.9 Å². The Hall–Kier alpha value is -2.22. The highest BCUT2D eigenvalue weighted by Gasteiger charge is 2.20. The number of hydrogen-bond acceptors (Lipinski definition) is 5. The second kappa shape index (κ2) is 9.64. The number of carbonyl (C=O) groups excluding carboxylic acids is 1. The molecular weight excluding hydrogens is 410 g/mol. The van der Waals surface area contributed by atoms with Crippen LogP contribution in [0.5, 0.6) is 0 Å². The molecule has 0 bridgehead atoms. The Kier molecular flexibility index (Phi) is 7.53. The smallest absolute Gasteiger partial charge is 0.343 e. The number of aromatic nitrogens is 2. The van der Waals surface area contributed by atoms with Gasteiger partial charge in [0, 0.05) is 16.6 Å². The molecule has 0 unspecified atom stereocenters. The van der Waals surface area contributed by atoms with Gasteiger partial charge in [0.05, 0.1) is 19.3 Å². The summed E-state index contributed by atoms with van der Waals surface area (Å²) < 4.78 is 7.80. The van der Waals surface area contributed by atoms with E-state index in [4.69, 9.17) is 4.74 Å².